The number of benzene rings is 1. The Morgan fingerprint density at radius 2 is 2.05 bits per heavy atom. The van der Waals surface area contributed by atoms with Crippen molar-refractivity contribution in [3.8, 4) is 0 Å². The number of carbonyl (C=O) groups excluding carboxylic acids is 1. The molecule has 19 heavy (non-hydrogen) atoms. The molecule has 96 valence electrons. The van der Waals surface area contributed by atoms with Gasteiger partial charge in [-0.1, -0.05) is 17.8 Å². The van der Waals surface area contributed by atoms with E-state index in [4.69, 9.17) is 10.1 Å². The van der Waals surface area contributed by atoms with Crippen LogP contribution >= 0.6 is 0 Å². The number of ketones is 1. The molecule has 0 bridgehead atoms. The predicted octanol–water partition coefficient (Wildman–Crippen LogP) is 1.99. The minimum absolute atomic E-state index is 0. The van der Waals surface area contributed by atoms with Gasteiger partial charge in [0.05, 0.1) is 0 Å². The Balaban J connectivity index is 0.00000324. The summed E-state index contributed by atoms with van der Waals surface area (Å²) in [6.45, 7) is 4.82. The van der Waals surface area contributed by atoms with Crippen molar-refractivity contribution >= 4 is 51.1 Å². The first-order chi connectivity index (χ1) is 8.27. The summed E-state index contributed by atoms with van der Waals surface area (Å²) < 4.78 is 31.4. The van der Waals surface area contributed by atoms with Crippen LogP contribution in [0.3, 0.4) is 0 Å². The molecule has 0 heterocycles. The summed E-state index contributed by atoms with van der Waals surface area (Å²) in [5, 5.41) is 3.20. The van der Waals surface area contributed by atoms with Gasteiger partial charge in [-0.15, -0.1) is 0 Å². The second-order valence-electron chi connectivity index (χ2n) is 3.45. The Bertz CT molecular complexity index is 678. The average Bonchev–Trinajstić information content (AvgIpc) is 2.27. The molecular weight excluding hydrogens is 281 g/mol. The molecule has 0 amide bonds. The number of allylic oxidation sites excluding steroid dienone is 1. The summed E-state index contributed by atoms with van der Waals surface area (Å²) in [6, 6.07) is 3.35. The molecule has 7 nitrogen and oxygen atoms in total. The molecule has 1 rings (SSSR count). The molecule has 0 unspecified atom stereocenters. The molecule has 0 saturated heterocycles. The van der Waals surface area contributed by atoms with E-state index in [9.17, 15) is 13.2 Å². The van der Waals surface area contributed by atoms with Crippen LogP contribution in [0.4, 0.5) is 5.69 Å². The van der Waals surface area contributed by atoms with E-state index in [0.29, 0.717) is 0 Å². The monoisotopic (exact) mass is 291 g/mol. The van der Waals surface area contributed by atoms with Crippen LogP contribution in [0.5, 0.6) is 0 Å². The SMILES string of the molecule is C=C(C)C(=O)c1ccc(N=[N+]=[N-])cc1S(=O)(=O)O.[NaH]. The van der Waals surface area contributed by atoms with Gasteiger partial charge < -0.3 is 0 Å². The molecule has 0 radical (unpaired) electrons. The predicted molar refractivity (Wildman–Crippen MR) is 71.4 cm³/mol. The van der Waals surface area contributed by atoms with Crippen LogP contribution in [0.25, 0.3) is 10.4 Å². The Morgan fingerprint density at radius 3 is 2.47 bits per heavy atom. The van der Waals surface area contributed by atoms with E-state index in [-0.39, 0.29) is 46.4 Å². The van der Waals surface area contributed by atoms with Crippen molar-refractivity contribution < 1.29 is 17.8 Å². The first-order valence-electron chi connectivity index (χ1n) is 4.64. The van der Waals surface area contributed by atoms with E-state index in [1.165, 1.54) is 13.0 Å². The van der Waals surface area contributed by atoms with E-state index in [1.807, 2.05) is 0 Å². The second kappa shape index (κ2) is 6.85. The van der Waals surface area contributed by atoms with Gasteiger partial charge >= 0.3 is 29.6 Å². The van der Waals surface area contributed by atoms with Crippen LogP contribution in [0.1, 0.15) is 17.3 Å². The number of carbonyl (C=O) groups is 1. The van der Waals surface area contributed by atoms with Crippen molar-refractivity contribution in [2.24, 2.45) is 5.11 Å². The summed E-state index contributed by atoms with van der Waals surface area (Å²) in [4.78, 5) is 13.6. The summed E-state index contributed by atoms with van der Waals surface area (Å²) >= 11 is 0. The number of nitrogens with zero attached hydrogens (tertiary/aromatic N) is 3. The van der Waals surface area contributed by atoms with Gasteiger partial charge in [-0.3, -0.25) is 9.35 Å². The van der Waals surface area contributed by atoms with Crippen LogP contribution in [0, 0.1) is 0 Å². The molecule has 9 heteroatoms. The van der Waals surface area contributed by atoms with E-state index in [1.54, 1.807) is 0 Å². The van der Waals surface area contributed by atoms with Crippen LogP contribution in [-0.2, 0) is 10.1 Å². The van der Waals surface area contributed by atoms with Gasteiger partial charge in [-0.05, 0) is 30.2 Å². The zero-order chi connectivity index (χ0) is 13.9. The van der Waals surface area contributed by atoms with Crippen molar-refractivity contribution in [2.45, 2.75) is 11.8 Å². The van der Waals surface area contributed by atoms with Gasteiger partial charge in [0.1, 0.15) is 4.90 Å². The zero-order valence-electron chi connectivity index (χ0n) is 9.36. The topological polar surface area (TPSA) is 120 Å². The van der Waals surface area contributed by atoms with Gasteiger partial charge in [0, 0.05) is 16.2 Å². The van der Waals surface area contributed by atoms with Gasteiger partial charge in [-0.2, -0.15) is 8.42 Å². The van der Waals surface area contributed by atoms with Crippen LogP contribution < -0.4 is 0 Å². The first-order valence-corrected chi connectivity index (χ1v) is 6.08. The summed E-state index contributed by atoms with van der Waals surface area (Å²) in [6.07, 6.45) is 0. The number of rotatable bonds is 4. The maximum absolute atomic E-state index is 11.7. The Labute approximate surface area is 132 Å². The quantitative estimate of drug-likeness (QED) is 0.173. The van der Waals surface area contributed by atoms with Gasteiger partial charge in [0.15, 0.2) is 5.78 Å². The molecule has 1 aromatic carbocycles. The fourth-order valence-corrected chi connectivity index (χ4v) is 1.96. The first kappa shape index (κ1) is 17.8. The van der Waals surface area contributed by atoms with Crippen LogP contribution in [-0.4, -0.2) is 48.3 Å². The Hall–Kier alpha value is -1.15. The normalized spacial score (nSPS) is 10.0. The third-order valence-corrected chi connectivity index (χ3v) is 2.93. The molecule has 0 aliphatic carbocycles. The van der Waals surface area contributed by atoms with Crippen molar-refractivity contribution in [1.29, 1.82) is 0 Å². The van der Waals surface area contributed by atoms with Gasteiger partial charge in [0.25, 0.3) is 10.1 Å². The average molecular weight is 291 g/mol. The van der Waals surface area contributed by atoms with E-state index in [0.717, 1.165) is 12.1 Å². The number of azide groups is 1. The molecular formula is C10H10N3NaO4S. The third kappa shape index (κ3) is 4.46. The third-order valence-electron chi connectivity index (χ3n) is 2.04. The summed E-state index contributed by atoms with van der Waals surface area (Å²) in [7, 11) is -4.60. The molecule has 0 aliphatic rings. The summed E-state index contributed by atoms with van der Waals surface area (Å²) in [5.74, 6) is -0.616. The molecule has 0 fully saturated rings. The Kier molecular flexibility index (Phi) is 6.44. The van der Waals surface area contributed by atoms with E-state index < -0.39 is 20.8 Å². The van der Waals surface area contributed by atoms with Gasteiger partial charge in [-0.25, -0.2) is 0 Å². The molecule has 0 saturated carbocycles. The number of hydrogen-bond donors (Lipinski definition) is 1. The number of hydrogen-bond acceptors (Lipinski definition) is 4. The molecule has 0 aromatic heterocycles. The molecule has 1 N–H and O–H groups in total. The van der Waals surface area contributed by atoms with Crippen LogP contribution in [0.2, 0.25) is 0 Å². The molecule has 0 atom stereocenters. The second-order valence-corrected chi connectivity index (χ2v) is 4.84. The van der Waals surface area contributed by atoms with Crippen molar-refractivity contribution in [3.05, 3.63) is 46.4 Å². The van der Waals surface area contributed by atoms with Gasteiger partial charge in [0.2, 0.25) is 0 Å². The van der Waals surface area contributed by atoms with Crippen molar-refractivity contribution in [3.63, 3.8) is 0 Å². The fraction of sp³-hybridized carbons (Fsp3) is 0.100. The zero-order valence-corrected chi connectivity index (χ0v) is 10.2. The van der Waals surface area contributed by atoms with E-state index >= 15 is 0 Å². The van der Waals surface area contributed by atoms with E-state index in [2.05, 4.69) is 16.6 Å². The summed E-state index contributed by atoms with van der Waals surface area (Å²) in [5.41, 5.74) is 8.12. The number of Topliss-reactive ketones (excluding diaryl/α,β-unsaturated/α-hetero) is 1. The molecule has 0 spiro atoms. The maximum atomic E-state index is 11.7. The Morgan fingerprint density at radius 1 is 1.47 bits per heavy atom. The van der Waals surface area contributed by atoms with Crippen LogP contribution in [0.15, 0.2) is 40.4 Å². The molecule has 0 aliphatic heterocycles. The van der Waals surface area contributed by atoms with Crippen molar-refractivity contribution in [1.82, 2.24) is 0 Å². The molecule has 1 aromatic rings. The fourth-order valence-electron chi connectivity index (χ4n) is 1.26. The van der Waals surface area contributed by atoms with Crippen molar-refractivity contribution in [2.75, 3.05) is 0 Å². The standard InChI is InChI=1S/C10H9N3O4S.Na.H/c1-6(2)10(14)8-4-3-7(12-13-11)5-9(8)18(15,16)17;;/h3-5H,1H2,2H3,(H,15,16,17);;. The minimum atomic E-state index is -4.60.